The van der Waals surface area contributed by atoms with Crippen LogP contribution >= 0.6 is 0 Å². The van der Waals surface area contributed by atoms with E-state index in [-0.39, 0.29) is 11.9 Å². The molecule has 1 atom stereocenters. The molecule has 0 radical (unpaired) electrons. The van der Waals surface area contributed by atoms with Crippen LogP contribution in [-0.2, 0) is 4.79 Å². The molecule has 1 amide bonds. The Kier molecular flexibility index (Phi) is 4.70. The van der Waals surface area contributed by atoms with Gasteiger partial charge in [-0.15, -0.1) is 0 Å². The lowest BCUT2D eigenvalue weighted by Gasteiger charge is -2.27. The average molecular weight is 234 g/mol. The molecule has 0 aliphatic carbocycles. The molecule has 0 aliphatic heterocycles. The Morgan fingerprint density at radius 2 is 1.88 bits per heavy atom. The van der Waals surface area contributed by atoms with E-state index in [4.69, 9.17) is 5.73 Å². The van der Waals surface area contributed by atoms with E-state index in [0.29, 0.717) is 13.0 Å². The number of hydrogen-bond donors (Lipinski definition) is 1. The lowest BCUT2D eigenvalue weighted by atomic mass is 10.1. The number of carbonyl (C=O) groups excluding carboxylic acids is 1. The Bertz CT molecular complexity index is 379. The summed E-state index contributed by atoms with van der Waals surface area (Å²) in [6, 6.07) is 6.04. The summed E-state index contributed by atoms with van der Waals surface area (Å²) in [6.07, 6.45) is 0.500. The highest BCUT2D eigenvalue weighted by Gasteiger charge is 2.18. The van der Waals surface area contributed by atoms with E-state index in [1.807, 2.05) is 50.8 Å². The number of nitrogens with zero attached hydrogens (tertiary/aromatic N) is 1. The van der Waals surface area contributed by atoms with Gasteiger partial charge in [0.25, 0.3) is 0 Å². The van der Waals surface area contributed by atoms with E-state index in [9.17, 15) is 4.79 Å². The van der Waals surface area contributed by atoms with E-state index >= 15 is 0 Å². The minimum Gasteiger partial charge on any atom is -0.326 e. The lowest BCUT2D eigenvalue weighted by molar-refractivity contribution is -0.118. The van der Waals surface area contributed by atoms with E-state index in [0.717, 1.165) is 16.8 Å². The topological polar surface area (TPSA) is 46.3 Å². The van der Waals surface area contributed by atoms with Crippen LogP contribution in [0.15, 0.2) is 18.2 Å². The SMILES string of the molecule is CCC(=O)N(CC(C)N)c1c(C)cccc1C. The van der Waals surface area contributed by atoms with Crippen molar-refractivity contribution in [3.8, 4) is 0 Å². The van der Waals surface area contributed by atoms with Gasteiger partial charge in [-0.3, -0.25) is 4.79 Å². The molecule has 1 aromatic carbocycles. The van der Waals surface area contributed by atoms with Crippen LogP contribution in [0, 0.1) is 13.8 Å². The molecule has 1 rings (SSSR count). The van der Waals surface area contributed by atoms with Crippen LogP contribution in [0.5, 0.6) is 0 Å². The number of hydrogen-bond acceptors (Lipinski definition) is 2. The number of aryl methyl sites for hydroxylation is 2. The minimum atomic E-state index is -0.0236. The Hall–Kier alpha value is -1.35. The predicted octanol–water partition coefficient (Wildman–Crippen LogP) is 2.39. The summed E-state index contributed by atoms with van der Waals surface area (Å²) in [7, 11) is 0. The van der Waals surface area contributed by atoms with Gasteiger partial charge in [0.2, 0.25) is 5.91 Å². The summed E-state index contributed by atoms with van der Waals surface area (Å²) in [5.41, 5.74) is 9.08. The number of nitrogens with two attached hydrogens (primary N) is 1. The molecule has 1 unspecified atom stereocenters. The van der Waals surface area contributed by atoms with Crippen molar-refractivity contribution in [2.75, 3.05) is 11.4 Å². The first-order chi connectivity index (χ1) is 7.97. The Labute approximate surface area is 104 Å². The van der Waals surface area contributed by atoms with Crippen LogP contribution in [0.3, 0.4) is 0 Å². The Balaban J connectivity index is 3.17. The first kappa shape index (κ1) is 13.7. The number of rotatable bonds is 4. The molecule has 0 saturated carbocycles. The Morgan fingerprint density at radius 1 is 1.35 bits per heavy atom. The fourth-order valence-electron chi connectivity index (χ4n) is 2.03. The summed E-state index contributed by atoms with van der Waals surface area (Å²) >= 11 is 0. The molecule has 0 spiro atoms. The number of para-hydroxylation sites is 1. The molecule has 0 fully saturated rings. The molecule has 94 valence electrons. The van der Waals surface area contributed by atoms with Crippen LogP contribution in [0.1, 0.15) is 31.4 Å². The van der Waals surface area contributed by atoms with Crippen molar-refractivity contribution < 1.29 is 4.79 Å². The zero-order chi connectivity index (χ0) is 13.0. The van der Waals surface area contributed by atoms with Crippen molar-refractivity contribution in [2.24, 2.45) is 5.73 Å². The summed E-state index contributed by atoms with van der Waals surface area (Å²) in [5, 5.41) is 0. The molecule has 2 N–H and O–H groups in total. The molecule has 3 nitrogen and oxygen atoms in total. The van der Waals surface area contributed by atoms with Crippen molar-refractivity contribution >= 4 is 11.6 Å². The van der Waals surface area contributed by atoms with Gasteiger partial charge < -0.3 is 10.6 Å². The summed E-state index contributed by atoms with van der Waals surface area (Å²) in [4.78, 5) is 13.8. The first-order valence-corrected chi connectivity index (χ1v) is 6.09. The third-order valence-electron chi connectivity index (χ3n) is 2.78. The zero-order valence-corrected chi connectivity index (χ0v) is 11.2. The predicted molar refractivity (Wildman–Crippen MR) is 72.2 cm³/mol. The Morgan fingerprint density at radius 3 is 2.29 bits per heavy atom. The van der Waals surface area contributed by atoms with Gasteiger partial charge in [-0.05, 0) is 31.9 Å². The molecule has 0 heterocycles. The second kappa shape index (κ2) is 5.82. The summed E-state index contributed by atoms with van der Waals surface area (Å²) < 4.78 is 0. The smallest absolute Gasteiger partial charge is 0.226 e. The number of amides is 1. The van der Waals surface area contributed by atoms with Crippen molar-refractivity contribution in [1.29, 1.82) is 0 Å². The maximum Gasteiger partial charge on any atom is 0.226 e. The van der Waals surface area contributed by atoms with Crippen molar-refractivity contribution in [2.45, 2.75) is 40.2 Å². The molecular formula is C14H22N2O. The third kappa shape index (κ3) is 3.30. The number of benzene rings is 1. The van der Waals surface area contributed by atoms with E-state index in [2.05, 4.69) is 0 Å². The second-order valence-electron chi connectivity index (χ2n) is 4.58. The molecule has 3 heteroatoms. The molecule has 17 heavy (non-hydrogen) atoms. The van der Waals surface area contributed by atoms with Crippen LogP contribution < -0.4 is 10.6 Å². The molecule has 0 aliphatic rings. The van der Waals surface area contributed by atoms with Crippen LogP contribution in [0.4, 0.5) is 5.69 Å². The van der Waals surface area contributed by atoms with Crippen LogP contribution in [0.2, 0.25) is 0 Å². The largest absolute Gasteiger partial charge is 0.326 e. The average Bonchev–Trinajstić information content (AvgIpc) is 2.26. The van der Waals surface area contributed by atoms with Gasteiger partial charge in [-0.2, -0.15) is 0 Å². The van der Waals surface area contributed by atoms with Gasteiger partial charge in [0.1, 0.15) is 0 Å². The monoisotopic (exact) mass is 234 g/mol. The maximum atomic E-state index is 12.0. The van der Waals surface area contributed by atoms with Crippen LogP contribution in [-0.4, -0.2) is 18.5 Å². The molecule has 0 bridgehead atoms. The fraction of sp³-hybridized carbons (Fsp3) is 0.500. The fourth-order valence-corrected chi connectivity index (χ4v) is 2.03. The highest BCUT2D eigenvalue weighted by Crippen LogP contribution is 2.25. The van der Waals surface area contributed by atoms with E-state index in [1.54, 1.807) is 0 Å². The van der Waals surface area contributed by atoms with Gasteiger partial charge in [-0.1, -0.05) is 25.1 Å². The first-order valence-electron chi connectivity index (χ1n) is 6.09. The quantitative estimate of drug-likeness (QED) is 0.869. The molecule has 0 saturated heterocycles. The number of carbonyl (C=O) groups is 1. The van der Waals surface area contributed by atoms with Crippen molar-refractivity contribution in [1.82, 2.24) is 0 Å². The van der Waals surface area contributed by atoms with Gasteiger partial charge in [-0.25, -0.2) is 0 Å². The third-order valence-corrected chi connectivity index (χ3v) is 2.78. The van der Waals surface area contributed by atoms with Gasteiger partial charge in [0.05, 0.1) is 0 Å². The standard InChI is InChI=1S/C14H22N2O/c1-5-13(17)16(9-12(4)15)14-10(2)7-6-8-11(14)3/h6-8,12H,5,9,15H2,1-4H3. The molecule has 0 aromatic heterocycles. The van der Waals surface area contributed by atoms with Crippen molar-refractivity contribution in [3.63, 3.8) is 0 Å². The molecule has 1 aromatic rings. The highest BCUT2D eigenvalue weighted by molar-refractivity contribution is 5.94. The van der Waals surface area contributed by atoms with Gasteiger partial charge in [0.15, 0.2) is 0 Å². The van der Waals surface area contributed by atoms with Crippen molar-refractivity contribution in [3.05, 3.63) is 29.3 Å². The maximum absolute atomic E-state index is 12.0. The highest BCUT2D eigenvalue weighted by atomic mass is 16.2. The van der Waals surface area contributed by atoms with E-state index in [1.165, 1.54) is 0 Å². The summed E-state index contributed by atoms with van der Waals surface area (Å²) in [5.74, 6) is 0.125. The zero-order valence-electron chi connectivity index (χ0n) is 11.2. The minimum absolute atomic E-state index is 0.0236. The summed E-state index contributed by atoms with van der Waals surface area (Å²) in [6.45, 7) is 8.42. The lowest BCUT2D eigenvalue weighted by Crippen LogP contribution is -2.40. The normalized spacial score (nSPS) is 12.3. The van der Waals surface area contributed by atoms with Crippen LogP contribution in [0.25, 0.3) is 0 Å². The van der Waals surface area contributed by atoms with Gasteiger partial charge in [0, 0.05) is 24.7 Å². The van der Waals surface area contributed by atoms with E-state index < -0.39 is 0 Å². The number of anilines is 1. The molecular weight excluding hydrogens is 212 g/mol. The van der Waals surface area contributed by atoms with Gasteiger partial charge >= 0.3 is 0 Å². The second-order valence-corrected chi connectivity index (χ2v) is 4.58.